The molecule has 0 unspecified atom stereocenters. The van der Waals surface area contributed by atoms with Crippen LogP contribution in [0.25, 0.3) is 22.3 Å². The van der Waals surface area contributed by atoms with Crippen LogP contribution in [-0.4, -0.2) is 40.9 Å². The molecule has 9 nitrogen and oxygen atoms in total. The lowest BCUT2D eigenvalue weighted by molar-refractivity contribution is -0.165. The number of rotatable bonds is 20. The molecule has 10 aromatic carbocycles. The van der Waals surface area contributed by atoms with Crippen molar-refractivity contribution in [1.29, 1.82) is 0 Å². The molecule has 0 saturated carbocycles. The number of hydrogen-bond donors (Lipinski definition) is 8. The van der Waals surface area contributed by atoms with Gasteiger partial charge in [0.15, 0.2) is 0 Å². The maximum absolute atomic E-state index is 11.7. The first-order valence-corrected chi connectivity index (χ1v) is 27.3. The Balaban J connectivity index is 1.33. The molecule has 0 saturated heterocycles. The largest absolute Gasteiger partial charge is 0.507 e. The highest BCUT2D eigenvalue weighted by Gasteiger charge is 2.44. The number of para-hydroxylation sites is 8. The van der Waals surface area contributed by atoms with Gasteiger partial charge in [-0.05, 0) is 108 Å². The molecule has 83 heavy (non-hydrogen) atoms. The van der Waals surface area contributed by atoms with E-state index in [9.17, 15) is 40.9 Å². The van der Waals surface area contributed by atoms with Gasteiger partial charge in [0, 0.05) is 44.5 Å². The van der Waals surface area contributed by atoms with E-state index in [1.165, 1.54) is 0 Å². The average molecular weight is 1100 g/mol. The van der Waals surface area contributed by atoms with E-state index >= 15 is 0 Å². The van der Waals surface area contributed by atoms with Crippen molar-refractivity contribution in [3.63, 3.8) is 0 Å². The quantitative estimate of drug-likeness (QED) is 0.0370. The van der Waals surface area contributed by atoms with Crippen LogP contribution in [-0.2, 0) is 15.9 Å². The Bertz CT molecular complexity index is 3340. The number of phenolic OH excluding ortho intramolecular Hbond substituents is 8. The molecule has 0 fully saturated rings. The third-order valence-electron chi connectivity index (χ3n) is 15.1. The molecule has 0 spiro atoms. The highest BCUT2D eigenvalue weighted by Crippen LogP contribution is 2.51. The summed E-state index contributed by atoms with van der Waals surface area (Å²) in [6.45, 7) is 0. The molecule has 10 aromatic rings. The van der Waals surface area contributed by atoms with Gasteiger partial charge in [-0.25, -0.2) is 0 Å². The molecule has 9 heteroatoms. The Morgan fingerprint density at radius 2 is 0.386 bits per heavy atom. The molecule has 0 aliphatic heterocycles. The Kier molecular flexibility index (Phi) is 17.0. The topological polar surface area (TPSA) is 171 Å². The van der Waals surface area contributed by atoms with Crippen molar-refractivity contribution < 1.29 is 45.6 Å². The lowest BCUT2D eigenvalue weighted by Crippen LogP contribution is -2.41. The van der Waals surface area contributed by atoms with Gasteiger partial charge in [0.2, 0.25) is 0 Å². The van der Waals surface area contributed by atoms with Crippen molar-refractivity contribution in [1.82, 2.24) is 0 Å². The molecule has 412 valence electrons. The van der Waals surface area contributed by atoms with Gasteiger partial charge in [-0.2, -0.15) is 0 Å². The maximum Gasteiger partial charge on any atom is 0.123 e. The van der Waals surface area contributed by atoms with Crippen molar-refractivity contribution in [2.45, 2.75) is 36.9 Å². The van der Waals surface area contributed by atoms with E-state index in [1.807, 2.05) is 133 Å². The number of aromatic hydroxyl groups is 8. The zero-order chi connectivity index (χ0) is 57.8. The van der Waals surface area contributed by atoms with Crippen LogP contribution < -0.4 is 0 Å². The highest BCUT2D eigenvalue weighted by atomic mass is 16.5. The van der Waals surface area contributed by atoms with Gasteiger partial charge >= 0.3 is 0 Å². The third kappa shape index (κ3) is 12.3. The molecule has 0 aromatic heterocycles. The molecule has 8 N–H and O–H groups in total. The molecular weight excluding hydrogens is 1030 g/mol. The summed E-state index contributed by atoms with van der Waals surface area (Å²) in [5.41, 5.74) is 3.96. The SMILES string of the molecule is Oc1ccccc1C(=CCC(CC=C(c1ccccc1O)c1ccccc1O)(OC(CC=C(c1ccccc1O)c1ccccc1O)(CC=C(c1ccccc1O)c1ccccc1O)c1ccccc1)c1ccccc1)c1ccccc1O. The first kappa shape index (κ1) is 55.8. The summed E-state index contributed by atoms with van der Waals surface area (Å²) >= 11 is 0. The molecule has 10 rings (SSSR count). The molecule has 0 radical (unpaired) electrons. The van der Waals surface area contributed by atoms with E-state index in [2.05, 4.69) is 0 Å². The Morgan fingerprint density at radius 1 is 0.229 bits per heavy atom. The van der Waals surface area contributed by atoms with E-state index in [-0.39, 0.29) is 71.7 Å². The molecule has 0 heterocycles. The van der Waals surface area contributed by atoms with Gasteiger partial charge in [-0.1, -0.05) is 231 Å². The first-order chi connectivity index (χ1) is 40.4. The van der Waals surface area contributed by atoms with Crippen molar-refractivity contribution in [3.05, 3.63) is 335 Å². The fourth-order valence-corrected chi connectivity index (χ4v) is 10.9. The van der Waals surface area contributed by atoms with E-state index < -0.39 is 11.2 Å². The average Bonchev–Trinajstić information content (AvgIpc) is 3.47. The number of phenols is 8. The number of benzene rings is 10. The van der Waals surface area contributed by atoms with Gasteiger partial charge in [0.05, 0.1) is 0 Å². The van der Waals surface area contributed by atoms with E-state index in [0.29, 0.717) is 77.9 Å². The van der Waals surface area contributed by atoms with Crippen molar-refractivity contribution >= 4 is 22.3 Å². The Labute approximate surface area is 483 Å². The summed E-state index contributed by atoms with van der Waals surface area (Å²) in [6.07, 6.45) is 7.99. The molecule has 0 aliphatic rings. The van der Waals surface area contributed by atoms with Gasteiger partial charge < -0.3 is 45.6 Å². The summed E-state index contributed by atoms with van der Waals surface area (Å²) in [6, 6.07) is 74.9. The van der Waals surface area contributed by atoms with Crippen LogP contribution in [0, 0.1) is 0 Å². The van der Waals surface area contributed by atoms with Crippen LogP contribution in [0.1, 0.15) is 81.3 Å². The van der Waals surface area contributed by atoms with Crippen LogP contribution in [0.4, 0.5) is 0 Å². The Morgan fingerprint density at radius 3 is 0.554 bits per heavy atom. The lowest BCUT2D eigenvalue weighted by atomic mass is 9.79. The third-order valence-corrected chi connectivity index (χ3v) is 15.1. The molecule has 0 atom stereocenters. The number of ether oxygens (including phenoxy) is 1. The smallest absolute Gasteiger partial charge is 0.123 e. The monoisotopic (exact) mass is 1090 g/mol. The fraction of sp³-hybridized carbons (Fsp3) is 0.0811. The second kappa shape index (κ2) is 25.3. The second-order valence-electron chi connectivity index (χ2n) is 20.2. The normalized spacial score (nSPS) is 11.3. The highest BCUT2D eigenvalue weighted by molar-refractivity contribution is 5.88. The van der Waals surface area contributed by atoms with Crippen LogP contribution in [0.15, 0.2) is 279 Å². The molecular formula is C74H62O9. The maximum atomic E-state index is 11.7. The van der Waals surface area contributed by atoms with Gasteiger partial charge in [0.25, 0.3) is 0 Å². The molecule has 0 amide bonds. The standard InChI is InChI=1S/C74H62O9/c75-65-35-15-7-27-57(65)53(58-28-8-16-36-66(58)76)43-47-73(51-23-3-1-4-24-51,48-44-54(59-29-9-17-37-67(59)77)60-30-10-18-38-68(60)78)83-74(52-25-5-2-6-26-52,49-45-55(61-31-11-19-39-69(61)79)62-32-12-20-40-70(62)80)50-46-56(63-33-13-21-41-71(63)81)64-34-14-22-42-72(64)82/h1-46,75-82H,47-50H2. The van der Waals surface area contributed by atoms with Crippen molar-refractivity contribution in [2.24, 2.45) is 0 Å². The van der Waals surface area contributed by atoms with Gasteiger partial charge in [0.1, 0.15) is 57.2 Å². The molecule has 0 aliphatic carbocycles. The van der Waals surface area contributed by atoms with Crippen LogP contribution in [0.5, 0.6) is 46.0 Å². The predicted octanol–water partition coefficient (Wildman–Crippen LogP) is 16.5. The van der Waals surface area contributed by atoms with E-state index in [4.69, 9.17) is 4.74 Å². The minimum atomic E-state index is -1.51. The zero-order valence-electron chi connectivity index (χ0n) is 45.4. The zero-order valence-corrected chi connectivity index (χ0v) is 45.4. The second-order valence-corrected chi connectivity index (χ2v) is 20.2. The predicted molar refractivity (Wildman–Crippen MR) is 329 cm³/mol. The van der Waals surface area contributed by atoms with Crippen LogP contribution in [0.3, 0.4) is 0 Å². The minimum Gasteiger partial charge on any atom is -0.507 e. The first-order valence-electron chi connectivity index (χ1n) is 27.3. The van der Waals surface area contributed by atoms with Gasteiger partial charge in [-0.3, -0.25) is 0 Å². The molecule has 0 bridgehead atoms. The summed E-state index contributed by atoms with van der Waals surface area (Å²) in [5.74, 6) is -0.184. The number of hydrogen-bond acceptors (Lipinski definition) is 9. The van der Waals surface area contributed by atoms with Gasteiger partial charge in [-0.15, -0.1) is 0 Å². The summed E-state index contributed by atoms with van der Waals surface area (Å²) in [7, 11) is 0. The Hall–Kier alpha value is -10.5. The van der Waals surface area contributed by atoms with E-state index in [1.54, 1.807) is 146 Å². The van der Waals surface area contributed by atoms with Crippen molar-refractivity contribution in [2.75, 3.05) is 0 Å². The fourth-order valence-electron chi connectivity index (χ4n) is 10.9. The van der Waals surface area contributed by atoms with Crippen molar-refractivity contribution in [3.8, 4) is 46.0 Å². The summed E-state index contributed by atoms with van der Waals surface area (Å²) in [5, 5.41) is 93.6. The lowest BCUT2D eigenvalue weighted by Gasteiger charge is -2.45. The van der Waals surface area contributed by atoms with E-state index in [0.717, 1.165) is 0 Å². The summed E-state index contributed by atoms with van der Waals surface area (Å²) in [4.78, 5) is 0. The van der Waals surface area contributed by atoms with Crippen LogP contribution in [0.2, 0.25) is 0 Å². The minimum absolute atomic E-state index is 0.0230. The van der Waals surface area contributed by atoms with Crippen LogP contribution >= 0.6 is 0 Å². The summed E-state index contributed by atoms with van der Waals surface area (Å²) < 4.78 is 8.45.